The van der Waals surface area contributed by atoms with Gasteiger partial charge in [-0.15, -0.1) is 0 Å². The molecule has 2 N–H and O–H groups in total. The van der Waals surface area contributed by atoms with E-state index in [1.807, 2.05) is 5.38 Å². The molecule has 2 amide bonds. The van der Waals surface area contributed by atoms with Crippen molar-refractivity contribution in [1.29, 1.82) is 0 Å². The van der Waals surface area contributed by atoms with Crippen LogP contribution in [0.4, 0.5) is 4.79 Å². The summed E-state index contributed by atoms with van der Waals surface area (Å²) in [7, 11) is 1.61. The lowest BCUT2D eigenvalue weighted by Gasteiger charge is -2.01. The van der Waals surface area contributed by atoms with Crippen LogP contribution in [0, 0.1) is 0 Å². The van der Waals surface area contributed by atoms with Gasteiger partial charge < -0.3 is 10.6 Å². The van der Waals surface area contributed by atoms with Gasteiger partial charge in [-0.05, 0) is 28.8 Å². The minimum absolute atomic E-state index is 0.120. The molecular formula is C8H12N2OS. The van der Waals surface area contributed by atoms with Crippen LogP contribution in [0.2, 0.25) is 0 Å². The maximum absolute atomic E-state index is 10.7. The quantitative estimate of drug-likeness (QED) is 0.728. The van der Waals surface area contributed by atoms with E-state index in [-0.39, 0.29) is 6.03 Å². The summed E-state index contributed by atoms with van der Waals surface area (Å²) in [6.07, 6.45) is 0.900. The fourth-order valence-electron chi connectivity index (χ4n) is 0.844. The maximum atomic E-state index is 10.7. The first-order chi connectivity index (χ1) is 5.83. The Morgan fingerprint density at radius 1 is 1.67 bits per heavy atom. The van der Waals surface area contributed by atoms with E-state index in [9.17, 15) is 4.79 Å². The van der Waals surface area contributed by atoms with Crippen molar-refractivity contribution in [2.75, 3.05) is 13.6 Å². The van der Waals surface area contributed by atoms with E-state index in [0.29, 0.717) is 6.54 Å². The number of thiophene rings is 1. The Labute approximate surface area is 75.8 Å². The highest BCUT2D eigenvalue weighted by Crippen LogP contribution is 2.05. The molecule has 3 nitrogen and oxygen atoms in total. The van der Waals surface area contributed by atoms with Gasteiger partial charge in [-0.2, -0.15) is 11.3 Å². The second kappa shape index (κ2) is 4.77. The first-order valence-corrected chi connectivity index (χ1v) is 4.74. The fraction of sp³-hybridized carbons (Fsp3) is 0.375. The van der Waals surface area contributed by atoms with Gasteiger partial charge in [0.1, 0.15) is 0 Å². The van der Waals surface area contributed by atoms with Crippen molar-refractivity contribution in [2.45, 2.75) is 6.42 Å². The van der Waals surface area contributed by atoms with E-state index in [0.717, 1.165) is 6.42 Å². The summed E-state index contributed by atoms with van der Waals surface area (Å²) >= 11 is 1.68. The van der Waals surface area contributed by atoms with Crippen molar-refractivity contribution in [2.24, 2.45) is 0 Å². The van der Waals surface area contributed by atoms with Crippen LogP contribution in [-0.2, 0) is 6.42 Å². The third-order valence-electron chi connectivity index (χ3n) is 1.51. The van der Waals surface area contributed by atoms with Crippen LogP contribution >= 0.6 is 11.3 Å². The summed E-state index contributed by atoms with van der Waals surface area (Å²) in [5.74, 6) is 0. The summed E-state index contributed by atoms with van der Waals surface area (Å²) < 4.78 is 0. The standard InChI is InChI=1S/C8H12N2OS/c1-9-8(11)10-4-2-7-3-5-12-6-7/h3,5-6H,2,4H2,1H3,(H2,9,10,11). The first kappa shape index (κ1) is 9.06. The summed E-state index contributed by atoms with van der Waals surface area (Å²) in [5, 5.41) is 9.35. The molecule has 0 aliphatic heterocycles. The van der Waals surface area contributed by atoms with Crippen molar-refractivity contribution in [3.8, 4) is 0 Å². The average Bonchev–Trinajstić information content (AvgIpc) is 2.57. The van der Waals surface area contributed by atoms with E-state index >= 15 is 0 Å². The Morgan fingerprint density at radius 2 is 2.50 bits per heavy atom. The van der Waals surface area contributed by atoms with Gasteiger partial charge in [0.25, 0.3) is 0 Å². The molecular weight excluding hydrogens is 172 g/mol. The molecule has 0 saturated carbocycles. The predicted molar refractivity (Wildman–Crippen MR) is 50.5 cm³/mol. The van der Waals surface area contributed by atoms with Gasteiger partial charge in [0.15, 0.2) is 0 Å². The van der Waals surface area contributed by atoms with Crippen LogP contribution in [0.3, 0.4) is 0 Å². The molecule has 0 aliphatic carbocycles. The van der Waals surface area contributed by atoms with Crippen molar-refractivity contribution in [1.82, 2.24) is 10.6 Å². The van der Waals surface area contributed by atoms with Crippen LogP contribution in [0.1, 0.15) is 5.56 Å². The molecule has 0 aromatic carbocycles. The number of amides is 2. The summed E-state index contributed by atoms with van der Waals surface area (Å²) in [6, 6.07) is 1.95. The molecule has 0 spiro atoms. The molecule has 1 heterocycles. The van der Waals surface area contributed by atoms with Crippen LogP contribution in [-0.4, -0.2) is 19.6 Å². The van der Waals surface area contributed by atoms with Crippen molar-refractivity contribution < 1.29 is 4.79 Å². The molecule has 0 radical (unpaired) electrons. The summed E-state index contributed by atoms with van der Waals surface area (Å²) in [4.78, 5) is 10.7. The molecule has 1 aromatic heterocycles. The zero-order valence-corrected chi connectivity index (χ0v) is 7.78. The minimum Gasteiger partial charge on any atom is -0.341 e. The van der Waals surface area contributed by atoms with Crippen molar-refractivity contribution in [3.63, 3.8) is 0 Å². The molecule has 0 atom stereocenters. The minimum atomic E-state index is -0.120. The highest BCUT2D eigenvalue weighted by Gasteiger charge is 1.95. The van der Waals surface area contributed by atoms with E-state index in [1.165, 1.54) is 5.56 Å². The van der Waals surface area contributed by atoms with Crippen molar-refractivity contribution in [3.05, 3.63) is 22.4 Å². The highest BCUT2D eigenvalue weighted by atomic mass is 32.1. The van der Waals surface area contributed by atoms with Crippen LogP contribution in [0.25, 0.3) is 0 Å². The van der Waals surface area contributed by atoms with E-state index in [1.54, 1.807) is 18.4 Å². The smallest absolute Gasteiger partial charge is 0.314 e. The Kier molecular flexibility index (Phi) is 3.60. The predicted octanol–water partition coefficient (Wildman–Crippen LogP) is 1.22. The monoisotopic (exact) mass is 184 g/mol. The molecule has 66 valence electrons. The Hall–Kier alpha value is -1.03. The average molecular weight is 184 g/mol. The largest absolute Gasteiger partial charge is 0.341 e. The lowest BCUT2D eigenvalue weighted by Crippen LogP contribution is -2.33. The topological polar surface area (TPSA) is 41.1 Å². The van der Waals surface area contributed by atoms with Gasteiger partial charge in [0, 0.05) is 13.6 Å². The number of carbonyl (C=O) groups is 1. The molecule has 0 bridgehead atoms. The number of nitrogens with one attached hydrogen (secondary N) is 2. The van der Waals surface area contributed by atoms with Gasteiger partial charge in [-0.3, -0.25) is 0 Å². The highest BCUT2D eigenvalue weighted by molar-refractivity contribution is 7.07. The Balaban J connectivity index is 2.15. The van der Waals surface area contributed by atoms with E-state index in [2.05, 4.69) is 22.1 Å². The van der Waals surface area contributed by atoms with Crippen LogP contribution in [0.15, 0.2) is 16.8 Å². The number of urea groups is 1. The molecule has 0 fully saturated rings. The molecule has 1 aromatic rings. The second-order valence-corrected chi connectivity index (χ2v) is 3.17. The lowest BCUT2D eigenvalue weighted by molar-refractivity contribution is 0.243. The Bertz CT molecular complexity index is 233. The van der Waals surface area contributed by atoms with Gasteiger partial charge in [0.2, 0.25) is 0 Å². The summed E-state index contributed by atoms with van der Waals surface area (Å²) in [6.45, 7) is 0.691. The van der Waals surface area contributed by atoms with Crippen LogP contribution in [0.5, 0.6) is 0 Å². The third kappa shape index (κ3) is 2.92. The van der Waals surface area contributed by atoms with Gasteiger partial charge >= 0.3 is 6.03 Å². The maximum Gasteiger partial charge on any atom is 0.314 e. The van der Waals surface area contributed by atoms with Gasteiger partial charge in [0.05, 0.1) is 0 Å². The van der Waals surface area contributed by atoms with Gasteiger partial charge in [-0.25, -0.2) is 4.79 Å². The zero-order chi connectivity index (χ0) is 8.81. The number of hydrogen-bond acceptors (Lipinski definition) is 2. The number of hydrogen-bond donors (Lipinski definition) is 2. The van der Waals surface area contributed by atoms with Crippen molar-refractivity contribution >= 4 is 17.4 Å². The summed E-state index contributed by atoms with van der Waals surface area (Å²) in [5.41, 5.74) is 1.27. The number of rotatable bonds is 3. The zero-order valence-electron chi connectivity index (χ0n) is 6.96. The lowest BCUT2D eigenvalue weighted by atomic mass is 10.2. The van der Waals surface area contributed by atoms with Gasteiger partial charge in [-0.1, -0.05) is 0 Å². The molecule has 0 unspecified atom stereocenters. The second-order valence-electron chi connectivity index (χ2n) is 2.39. The molecule has 1 rings (SSSR count). The third-order valence-corrected chi connectivity index (χ3v) is 2.24. The SMILES string of the molecule is CNC(=O)NCCc1ccsc1. The first-order valence-electron chi connectivity index (χ1n) is 3.79. The molecule has 4 heteroatoms. The normalized spacial score (nSPS) is 9.42. The van der Waals surface area contributed by atoms with Crippen LogP contribution < -0.4 is 10.6 Å². The molecule has 0 saturated heterocycles. The van der Waals surface area contributed by atoms with E-state index in [4.69, 9.17) is 0 Å². The number of carbonyl (C=O) groups excluding carboxylic acids is 1. The fourth-order valence-corrected chi connectivity index (χ4v) is 1.55. The molecule has 0 aliphatic rings. The molecule has 12 heavy (non-hydrogen) atoms. The Morgan fingerprint density at radius 3 is 3.08 bits per heavy atom. The van der Waals surface area contributed by atoms with E-state index < -0.39 is 0 Å².